The van der Waals surface area contributed by atoms with Gasteiger partial charge in [-0.25, -0.2) is 0 Å². The minimum absolute atomic E-state index is 0.102. The normalized spacial score (nSPS) is 21.2. The standard InChI is InChI=1S/C13H20N2O/c1-13(2,15-11-6-7-14-9-11)10-4-3-5-12(16)8-10/h3-5,8,11,14-16H,6-7,9H2,1-2H3. The van der Waals surface area contributed by atoms with Crippen molar-refractivity contribution in [3.05, 3.63) is 29.8 Å². The van der Waals surface area contributed by atoms with Gasteiger partial charge in [-0.15, -0.1) is 0 Å². The SMILES string of the molecule is CC(C)(NC1CCNC1)c1cccc(O)c1. The maximum Gasteiger partial charge on any atom is 0.115 e. The summed E-state index contributed by atoms with van der Waals surface area (Å²) in [4.78, 5) is 0. The highest BCUT2D eigenvalue weighted by molar-refractivity contribution is 5.31. The summed E-state index contributed by atoms with van der Waals surface area (Å²) in [7, 11) is 0. The van der Waals surface area contributed by atoms with Gasteiger partial charge in [-0.1, -0.05) is 12.1 Å². The molecule has 16 heavy (non-hydrogen) atoms. The van der Waals surface area contributed by atoms with Crippen LogP contribution in [0.15, 0.2) is 24.3 Å². The van der Waals surface area contributed by atoms with E-state index in [0.717, 1.165) is 18.7 Å². The Morgan fingerprint density at radius 3 is 2.88 bits per heavy atom. The van der Waals surface area contributed by atoms with Gasteiger partial charge >= 0.3 is 0 Å². The molecule has 1 aromatic rings. The van der Waals surface area contributed by atoms with Gasteiger partial charge in [-0.05, 0) is 44.5 Å². The fourth-order valence-corrected chi connectivity index (χ4v) is 2.27. The Balaban J connectivity index is 2.10. The Labute approximate surface area is 96.9 Å². The van der Waals surface area contributed by atoms with Gasteiger partial charge in [0.15, 0.2) is 0 Å². The largest absolute Gasteiger partial charge is 0.508 e. The van der Waals surface area contributed by atoms with Crippen LogP contribution >= 0.6 is 0 Å². The first kappa shape index (κ1) is 11.4. The smallest absolute Gasteiger partial charge is 0.115 e. The molecule has 0 saturated carbocycles. The summed E-state index contributed by atoms with van der Waals surface area (Å²) in [6.07, 6.45) is 1.17. The summed E-state index contributed by atoms with van der Waals surface area (Å²) in [6.45, 7) is 6.43. The Bertz CT molecular complexity index is 357. The van der Waals surface area contributed by atoms with Crippen molar-refractivity contribution in [3.63, 3.8) is 0 Å². The number of phenolic OH excluding ortho intramolecular Hbond substituents is 1. The van der Waals surface area contributed by atoms with Crippen LogP contribution < -0.4 is 10.6 Å². The molecule has 0 aliphatic carbocycles. The molecule has 1 unspecified atom stereocenters. The van der Waals surface area contributed by atoms with Gasteiger partial charge in [-0.2, -0.15) is 0 Å². The van der Waals surface area contributed by atoms with Crippen molar-refractivity contribution in [1.29, 1.82) is 0 Å². The van der Waals surface area contributed by atoms with E-state index in [9.17, 15) is 5.11 Å². The quantitative estimate of drug-likeness (QED) is 0.724. The Kier molecular flexibility index (Phi) is 3.17. The van der Waals surface area contributed by atoms with Crippen molar-refractivity contribution >= 4 is 0 Å². The lowest BCUT2D eigenvalue weighted by molar-refractivity contribution is 0.350. The second-order valence-electron chi connectivity index (χ2n) is 5.01. The van der Waals surface area contributed by atoms with E-state index in [1.165, 1.54) is 6.42 Å². The molecule has 0 bridgehead atoms. The topological polar surface area (TPSA) is 44.3 Å². The zero-order valence-electron chi connectivity index (χ0n) is 9.96. The number of nitrogens with one attached hydrogen (secondary N) is 2. The molecule has 1 fully saturated rings. The van der Waals surface area contributed by atoms with E-state index in [2.05, 4.69) is 30.5 Å². The molecular weight excluding hydrogens is 200 g/mol. The lowest BCUT2D eigenvalue weighted by Crippen LogP contribution is -2.44. The molecule has 2 rings (SSSR count). The third-order valence-electron chi connectivity index (χ3n) is 3.19. The predicted octanol–water partition coefficient (Wildman–Crippen LogP) is 1.58. The third-order valence-corrected chi connectivity index (χ3v) is 3.19. The average Bonchev–Trinajstić information content (AvgIpc) is 2.70. The zero-order chi connectivity index (χ0) is 11.6. The van der Waals surface area contributed by atoms with Crippen LogP contribution in [0.2, 0.25) is 0 Å². The van der Waals surface area contributed by atoms with Crippen LogP contribution in [0.25, 0.3) is 0 Å². The fraction of sp³-hybridized carbons (Fsp3) is 0.538. The van der Waals surface area contributed by atoms with Crippen molar-refractivity contribution in [3.8, 4) is 5.75 Å². The van der Waals surface area contributed by atoms with Crippen molar-refractivity contribution in [2.45, 2.75) is 31.8 Å². The summed E-state index contributed by atoms with van der Waals surface area (Å²) < 4.78 is 0. The van der Waals surface area contributed by atoms with Gasteiger partial charge < -0.3 is 15.7 Å². The van der Waals surface area contributed by atoms with Gasteiger partial charge in [0.05, 0.1) is 0 Å². The summed E-state index contributed by atoms with van der Waals surface area (Å²) in [5, 5.41) is 16.5. The van der Waals surface area contributed by atoms with E-state index in [0.29, 0.717) is 11.8 Å². The number of aromatic hydroxyl groups is 1. The Morgan fingerprint density at radius 2 is 2.25 bits per heavy atom. The molecule has 1 aromatic carbocycles. The molecule has 1 aliphatic rings. The molecule has 0 amide bonds. The van der Waals surface area contributed by atoms with Crippen LogP contribution in [0.1, 0.15) is 25.8 Å². The van der Waals surface area contributed by atoms with Gasteiger partial charge in [-0.3, -0.25) is 0 Å². The molecule has 1 heterocycles. The van der Waals surface area contributed by atoms with Crippen LogP contribution in [0.3, 0.4) is 0 Å². The summed E-state index contributed by atoms with van der Waals surface area (Å²) in [5.74, 6) is 0.330. The Hall–Kier alpha value is -1.06. The van der Waals surface area contributed by atoms with E-state index in [4.69, 9.17) is 0 Å². The molecule has 1 saturated heterocycles. The number of rotatable bonds is 3. The highest BCUT2D eigenvalue weighted by Gasteiger charge is 2.25. The van der Waals surface area contributed by atoms with Crippen LogP contribution in [0, 0.1) is 0 Å². The van der Waals surface area contributed by atoms with Gasteiger partial charge in [0.2, 0.25) is 0 Å². The molecule has 3 nitrogen and oxygen atoms in total. The van der Waals surface area contributed by atoms with E-state index in [-0.39, 0.29) is 5.54 Å². The third kappa shape index (κ3) is 2.54. The molecular formula is C13H20N2O. The van der Waals surface area contributed by atoms with Crippen molar-refractivity contribution in [1.82, 2.24) is 10.6 Å². The van der Waals surface area contributed by atoms with E-state index in [1.54, 1.807) is 6.07 Å². The van der Waals surface area contributed by atoms with E-state index >= 15 is 0 Å². The Morgan fingerprint density at radius 1 is 1.44 bits per heavy atom. The maximum absolute atomic E-state index is 9.50. The van der Waals surface area contributed by atoms with Crippen molar-refractivity contribution in [2.24, 2.45) is 0 Å². The second kappa shape index (κ2) is 4.44. The summed E-state index contributed by atoms with van der Waals surface area (Å²) in [5.41, 5.74) is 1.02. The molecule has 0 spiro atoms. The molecule has 0 radical (unpaired) electrons. The number of hydrogen-bond donors (Lipinski definition) is 3. The summed E-state index contributed by atoms with van der Waals surface area (Å²) in [6, 6.07) is 8.00. The van der Waals surface area contributed by atoms with Gasteiger partial charge in [0.25, 0.3) is 0 Å². The van der Waals surface area contributed by atoms with Crippen LogP contribution in [-0.4, -0.2) is 24.2 Å². The fourth-order valence-electron chi connectivity index (χ4n) is 2.27. The first-order chi connectivity index (χ1) is 7.58. The highest BCUT2D eigenvalue weighted by atomic mass is 16.3. The number of phenols is 1. The van der Waals surface area contributed by atoms with Gasteiger partial charge in [0.1, 0.15) is 5.75 Å². The summed E-state index contributed by atoms with van der Waals surface area (Å²) >= 11 is 0. The molecule has 3 heteroatoms. The molecule has 3 N–H and O–H groups in total. The predicted molar refractivity (Wildman–Crippen MR) is 65.5 cm³/mol. The van der Waals surface area contributed by atoms with Crippen molar-refractivity contribution in [2.75, 3.05) is 13.1 Å². The zero-order valence-corrected chi connectivity index (χ0v) is 9.96. The van der Waals surface area contributed by atoms with Gasteiger partial charge in [0, 0.05) is 18.1 Å². The first-order valence-electron chi connectivity index (χ1n) is 5.86. The van der Waals surface area contributed by atoms with Crippen LogP contribution in [-0.2, 0) is 5.54 Å². The number of benzene rings is 1. The van der Waals surface area contributed by atoms with Crippen LogP contribution in [0.5, 0.6) is 5.75 Å². The molecule has 88 valence electrons. The monoisotopic (exact) mass is 220 g/mol. The van der Waals surface area contributed by atoms with Crippen LogP contribution in [0.4, 0.5) is 0 Å². The minimum Gasteiger partial charge on any atom is -0.508 e. The molecule has 1 aliphatic heterocycles. The average molecular weight is 220 g/mol. The highest BCUT2D eigenvalue weighted by Crippen LogP contribution is 2.24. The molecule has 0 aromatic heterocycles. The lowest BCUT2D eigenvalue weighted by atomic mass is 9.93. The molecule has 1 atom stereocenters. The maximum atomic E-state index is 9.50. The second-order valence-corrected chi connectivity index (χ2v) is 5.01. The minimum atomic E-state index is -0.102. The number of hydrogen-bond acceptors (Lipinski definition) is 3. The van der Waals surface area contributed by atoms with E-state index in [1.807, 2.05) is 12.1 Å². The lowest BCUT2D eigenvalue weighted by Gasteiger charge is -2.30. The first-order valence-corrected chi connectivity index (χ1v) is 5.86. The van der Waals surface area contributed by atoms with Crippen molar-refractivity contribution < 1.29 is 5.11 Å². The van der Waals surface area contributed by atoms with E-state index < -0.39 is 0 Å².